The highest BCUT2D eigenvalue weighted by Crippen LogP contribution is 2.25. The van der Waals surface area contributed by atoms with E-state index in [2.05, 4.69) is 15.5 Å². The van der Waals surface area contributed by atoms with Crippen molar-refractivity contribution < 1.29 is 18.0 Å². The van der Waals surface area contributed by atoms with Gasteiger partial charge in [-0.25, -0.2) is 23.1 Å². The maximum absolute atomic E-state index is 13.7. The molecule has 1 atom stereocenters. The molecule has 140 valence electrons. The van der Waals surface area contributed by atoms with Gasteiger partial charge in [-0.05, 0) is 43.3 Å². The van der Waals surface area contributed by atoms with Crippen LogP contribution in [-0.2, 0) is 0 Å². The molecule has 0 spiro atoms. The maximum atomic E-state index is 13.7. The van der Waals surface area contributed by atoms with Crippen molar-refractivity contribution in [2.24, 2.45) is 0 Å². The molecule has 0 aliphatic carbocycles. The van der Waals surface area contributed by atoms with E-state index >= 15 is 0 Å². The van der Waals surface area contributed by atoms with Gasteiger partial charge < -0.3 is 10.2 Å². The van der Waals surface area contributed by atoms with E-state index in [9.17, 15) is 22.8 Å². The lowest BCUT2D eigenvalue weighted by molar-refractivity contribution is 0.207. The number of aromatic nitrogens is 2. The largest absolute Gasteiger partial charge is 0.322 e. The standard InChI is InChI=1S/C18H15F3N4O2/c1-9(25(2)18(27)22-11-5-3-10(19)4-6-11)16-12-7-14(20)15(21)8-13(12)17(26)24-23-16/h3-9H,1-2H3,(H,22,27)(H,24,26)/t9-/m0/s1. The molecule has 2 aromatic carbocycles. The second-order valence-electron chi connectivity index (χ2n) is 5.97. The summed E-state index contributed by atoms with van der Waals surface area (Å²) in [6, 6.07) is 5.66. The average Bonchev–Trinajstić information content (AvgIpc) is 2.64. The third-order valence-corrected chi connectivity index (χ3v) is 4.25. The third-order valence-electron chi connectivity index (χ3n) is 4.25. The molecule has 2 N–H and O–H groups in total. The number of rotatable bonds is 3. The van der Waals surface area contributed by atoms with Gasteiger partial charge in [0.15, 0.2) is 11.6 Å². The molecule has 0 unspecified atom stereocenters. The van der Waals surface area contributed by atoms with Crippen LogP contribution in [0.2, 0.25) is 0 Å². The van der Waals surface area contributed by atoms with E-state index in [4.69, 9.17) is 0 Å². The fourth-order valence-electron chi connectivity index (χ4n) is 2.60. The zero-order chi connectivity index (χ0) is 19.7. The highest BCUT2D eigenvalue weighted by Gasteiger charge is 2.23. The summed E-state index contributed by atoms with van der Waals surface area (Å²) in [5.41, 5.74) is -0.0913. The molecule has 6 nitrogen and oxygen atoms in total. The summed E-state index contributed by atoms with van der Waals surface area (Å²) in [6.07, 6.45) is 0. The Morgan fingerprint density at radius 3 is 2.33 bits per heavy atom. The topological polar surface area (TPSA) is 78.1 Å². The van der Waals surface area contributed by atoms with Crippen LogP contribution < -0.4 is 10.9 Å². The Morgan fingerprint density at radius 1 is 1.11 bits per heavy atom. The van der Waals surface area contributed by atoms with Gasteiger partial charge in [-0.3, -0.25) is 4.79 Å². The first-order chi connectivity index (χ1) is 12.8. The lowest BCUT2D eigenvalue weighted by atomic mass is 10.1. The van der Waals surface area contributed by atoms with Crippen molar-refractivity contribution in [2.45, 2.75) is 13.0 Å². The molecule has 27 heavy (non-hydrogen) atoms. The van der Waals surface area contributed by atoms with E-state index in [1.165, 1.54) is 36.2 Å². The highest BCUT2D eigenvalue weighted by molar-refractivity contribution is 5.90. The molecule has 0 bridgehead atoms. The van der Waals surface area contributed by atoms with Gasteiger partial charge in [-0.15, -0.1) is 0 Å². The fraction of sp³-hybridized carbons (Fsp3) is 0.167. The van der Waals surface area contributed by atoms with Gasteiger partial charge in [-0.2, -0.15) is 5.10 Å². The lowest BCUT2D eigenvalue weighted by Gasteiger charge is -2.25. The van der Waals surface area contributed by atoms with Crippen molar-refractivity contribution in [2.75, 3.05) is 12.4 Å². The summed E-state index contributed by atoms with van der Waals surface area (Å²) in [4.78, 5) is 25.6. The van der Waals surface area contributed by atoms with Gasteiger partial charge in [0.1, 0.15) is 5.82 Å². The quantitative estimate of drug-likeness (QED) is 0.734. The predicted molar refractivity (Wildman–Crippen MR) is 93.9 cm³/mol. The Morgan fingerprint density at radius 2 is 1.70 bits per heavy atom. The maximum Gasteiger partial charge on any atom is 0.322 e. The average molecular weight is 376 g/mol. The van der Waals surface area contributed by atoms with E-state index in [0.29, 0.717) is 5.69 Å². The Balaban J connectivity index is 1.92. The second-order valence-corrected chi connectivity index (χ2v) is 5.97. The first-order valence-corrected chi connectivity index (χ1v) is 7.94. The Hall–Kier alpha value is -3.36. The molecule has 0 aliphatic heterocycles. The number of hydrogen-bond donors (Lipinski definition) is 2. The number of nitrogens with zero attached hydrogens (tertiary/aromatic N) is 2. The normalized spacial score (nSPS) is 12.0. The van der Waals surface area contributed by atoms with Crippen molar-refractivity contribution in [3.05, 3.63) is 69.9 Å². The summed E-state index contributed by atoms with van der Waals surface area (Å²) in [5.74, 6) is -2.71. The minimum absolute atomic E-state index is 0.0712. The Bertz CT molecular complexity index is 1070. The SMILES string of the molecule is C[C@@H](c1n[nH]c(=O)c2cc(F)c(F)cc12)N(C)C(=O)Nc1ccc(F)cc1. The van der Waals surface area contributed by atoms with Crippen molar-refractivity contribution in [3.63, 3.8) is 0 Å². The minimum atomic E-state index is -1.15. The van der Waals surface area contributed by atoms with Gasteiger partial charge >= 0.3 is 6.03 Å². The third kappa shape index (κ3) is 3.62. The van der Waals surface area contributed by atoms with Crippen LogP contribution in [0.1, 0.15) is 18.7 Å². The van der Waals surface area contributed by atoms with Crippen molar-refractivity contribution in [1.29, 1.82) is 0 Å². The summed E-state index contributed by atoms with van der Waals surface area (Å²) in [5, 5.41) is 8.75. The molecular weight excluding hydrogens is 361 g/mol. The minimum Gasteiger partial charge on any atom is -0.319 e. The van der Waals surface area contributed by atoms with Crippen LogP contribution in [0.4, 0.5) is 23.7 Å². The van der Waals surface area contributed by atoms with Crippen LogP contribution in [0, 0.1) is 17.5 Å². The monoisotopic (exact) mass is 376 g/mol. The zero-order valence-corrected chi connectivity index (χ0v) is 14.4. The number of urea groups is 1. The molecule has 3 rings (SSSR count). The van der Waals surface area contributed by atoms with Crippen LogP contribution in [-0.4, -0.2) is 28.2 Å². The van der Waals surface area contributed by atoms with Gasteiger partial charge in [0.25, 0.3) is 5.56 Å². The number of anilines is 1. The molecule has 2 amide bonds. The molecular formula is C18H15F3N4O2. The van der Waals surface area contributed by atoms with Gasteiger partial charge in [0.2, 0.25) is 0 Å². The Labute approximate surface area is 151 Å². The summed E-state index contributed by atoms with van der Waals surface area (Å²) < 4.78 is 40.1. The number of fused-ring (bicyclic) bond motifs is 1. The molecule has 9 heteroatoms. The molecule has 0 radical (unpaired) electrons. The number of amides is 2. The van der Waals surface area contributed by atoms with Crippen LogP contribution in [0.5, 0.6) is 0 Å². The van der Waals surface area contributed by atoms with Crippen LogP contribution in [0.25, 0.3) is 10.8 Å². The van der Waals surface area contributed by atoms with E-state index in [0.717, 1.165) is 12.1 Å². The summed E-state index contributed by atoms with van der Waals surface area (Å²) >= 11 is 0. The summed E-state index contributed by atoms with van der Waals surface area (Å²) in [7, 11) is 1.47. The van der Waals surface area contributed by atoms with Gasteiger partial charge in [-0.1, -0.05) is 0 Å². The summed E-state index contributed by atoms with van der Waals surface area (Å²) in [6.45, 7) is 1.62. The number of aromatic amines is 1. The van der Waals surface area contributed by atoms with Crippen LogP contribution in [0.3, 0.4) is 0 Å². The van der Waals surface area contributed by atoms with Crippen molar-refractivity contribution in [3.8, 4) is 0 Å². The zero-order valence-electron chi connectivity index (χ0n) is 14.4. The predicted octanol–water partition coefficient (Wildman–Crippen LogP) is 3.57. The smallest absolute Gasteiger partial charge is 0.319 e. The number of carbonyl (C=O) groups excluding carboxylic acids is 1. The fourth-order valence-corrected chi connectivity index (χ4v) is 2.60. The highest BCUT2D eigenvalue weighted by atomic mass is 19.2. The first kappa shape index (κ1) is 18.4. The molecule has 0 aliphatic rings. The number of hydrogen-bond acceptors (Lipinski definition) is 3. The molecule has 0 fully saturated rings. The van der Waals surface area contributed by atoms with E-state index in [-0.39, 0.29) is 16.5 Å². The van der Waals surface area contributed by atoms with Crippen LogP contribution in [0.15, 0.2) is 41.2 Å². The number of halogens is 3. The number of carbonyl (C=O) groups is 1. The van der Waals surface area contributed by atoms with E-state index in [1.807, 2.05) is 0 Å². The van der Waals surface area contributed by atoms with Crippen LogP contribution >= 0.6 is 0 Å². The molecule has 1 aromatic heterocycles. The van der Waals surface area contributed by atoms with Gasteiger partial charge in [0.05, 0.1) is 17.1 Å². The number of benzene rings is 2. The lowest BCUT2D eigenvalue weighted by Crippen LogP contribution is -2.34. The van der Waals surface area contributed by atoms with E-state index < -0.39 is 35.1 Å². The van der Waals surface area contributed by atoms with Crippen molar-refractivity contribution >= 4 is 22.5 Å². The first-order valence-electron chi connectivity index (χ1n) is 7.94. The molecule has 3 aromatic rings. The molecule has 1 heterocycles. The number of nitrogens with one attached hydrogen (secondary N) is 2. The van der Waals surface area contributed by atoms with Crippen molar-refractivity contribution in [1.82, 2.24) is 15.1 Å². The number of H-pyrrole nitrogens is 1. The second kappa shape index (κ2) is 7.10. The van der Waals surface area contributed by atoms with Gasteiger partial charge in [0, 0.05) is 18.1 Å². The Kier molecular flexibility index (Phi) is 4.85. The molecule has 0 saturated carbocycles. The molecule has 0 saturated heterocycles. The van der Waals surface area contributed by atoms with E-state index in [1.54, 1.807) is 6.92 Å².